The summed E-state index contributed by atoms with van der Waals surface area (Å²) in [5, 5.41) is 4.04. The molecule has 1 atom stereocenters. The van der Waals surface area contributed by atoms with E-state index in [-0.39, 0.29) is 11.8 Å². The largest absolute Gasteiger partial charge is 0.322 e. The number of carbonyl (C=O) groups excluding carboxylic acids is 2. The zero-order valence-corrected chi connectivity index (χ0v) is 17.6. The maximum Gasteiger partial charge on any atom is 0.255 e. The van der Waals surface area contributed by atoms with Crippen LogP contribution in [0.1, 0.15) is 54.4 Å². The molecular formula is C26H27N3O2. The Labute approximate surface area is 182 Å². The van der Waals surface area contributed by atoms with Gasteiger partial charge in [-0.05, 0) is 42.2 Å². The van der Waals surface area contributed by atoms with Crippen LogP contribution in [0.15, 0.2) is 60.7 Å². The standard InChI is InChI=1S/C26H27N3O2/c30-25(28-24-15-14-19-10-5-7-13-22(19)27-24)23(16-18-8-2-1-3-9-18)29-17-20-11-4-6-12-21(20)26(29)31/h4-7,10-15,18,23H,1-3,8-9,16-17H2,(H,27,28,30)/t23-/m1/s1. The summed E-state index contributed by atoms with van der Waals surface area (Å²) in [5.41, 5.74) is 2.55. The van der Waals surface area contributed by atoms with Crippen molar-refractivity contribution in [3.8, 4) is 0 Å². The fourth-order valence-electron chi connectivity index (χ4n) is 4.99. The summed E-state index contributed by atoms with van der Waals surface area (Å²) < 4.78 is 0. The Morgan fingerprint density at radius 2 is 1.77 bits per heavy atom. The van der Waals surface area contributed by atoms with Crippen molar-refractivity contribution in [2.45, 2.75) is 51.1 Å². The molecule has 0 radical (unpaired) electrons. The highest BCUT2D eigenvalue weighted by Gasteiger charge is 2.37. The minimum Gasteiger partial charge on any atom is -0.322 e. The quantitative estimate of drug-likeness (QED) is 0.628. The van der Waals surface area contributed by atoms with Gasteiger partial charge in [0.1, 0.15) is 11.9 Å². The first kappa shape index (κ1) is 19.7. The number of anilines is 1. The predicted octanol–water partition coefficient (Wildman–Crippen LogP) is 5.17. The number of pyridine rings is 1. The molecule has 1 saturated carbocycles. The number of nitrogens with one attached hydrogen (secondary N) is 1. The van der Waals surface area contributed by atoms with E-state index in [0.29, 0.717) is 30.3 Å². The van der Waals surface area contributed by atoms with Crippen LogP contribution in [-0.2, 0) is 11.3 Å². The van der Waals surface area contributed by atoms with E-state index < -0.39 is 6.04 Å². The summed E-state index contributed by atoms with van der Waals surface area (Å²) in [5.74, 6) is 0.819. The first-order valence-corrected chi connectivity index (χ1v) is 11.2. The highest BCUT2D eigenvalue weighted by Crippen LogP contribution is 2.32. The summed E-state index contributed by atoms with van der Waals surface area (Å²) in [7, 11) is 0. The first-order valence-electron chi connectivity index (χ1n) is 11.2. The van der Waals surface area contributed by atoms with Crippen LogP contribution in [0.3, 0.4) is 0 Å². The van der Waals surface area contributed by atoms with E-state index in [4.69, 9.17) is 0 Å². The second-order valence-electron chi connectivity index (χ2n) is 8.72. The average molecular weight is 414 g/mol. The molecule has 2 heterocycles. The topological polar surface area (TPSA) is 62.3 Å². The minimum absolute atomic E-state index is 0.0435. The summed E-state index contributed by atoms with van der Waals surface area (Å²) in [4.78, 5) is 33.0. The number of benzene rings is 2. The van der Waals surface area contributed by atoms with Gasteiger partial charge in [-0.3, -0.25) is 9.59 Å². The van der Waals surface area contributed by atoms with Crippen molar-refractivity contribution < 1.29 is 9.59 Å². The highest BCUT2D eigenvalue weighted by atomic mass is 16.2. The van der Waals surface area contributed by atoms with Crippen LogP contribution in [0.4, 0.5) is 5.82 Å². The van der Waals surface area contributed by atoms with Crippen LogP contribution in [0, 0.1) is 5.92 Å². The molecule has 0 bridgehead atoms. The van der Waals surface area contributed by atoms with Crippen molar-refractivity contribution in [1.82, 2.24) is 9.88 Å². The van der Waals surface area contributed by atoms with E-state index in [2.05, 4.69) is 10.3 Å². The molecular weight excluding hydrogens is 386 g/mol. The molecule has 3 aromatic rings. The van der Waals surface area contributed by atoms with Crippen LogP contribution < -0.4 is 5.32 Å². The van der Waals surface area contributed by atoms with Gasteiger partial charge >= 0.3 is 0 Å². The Morgan fingerprint density at radius 1 is 1.00 bits per heavy atom. The molecule has 5 rings (SSSR count). The van der Waals surface area contributed by atoms with E-state index in [0.717, 1.165) is 29.3 Å². The number of aromatic nitrogens is 1. The van der Waals surface area contributed by atoms with Crippen LogP contribution in [0.25, 0.3) is 10.9 Å². The molecule has 2 aromatic carbocycles. The number of rotatable bonds is 5. The van der Waals surface area contributed by atoms with Gasteiger partial charge in [-0.25, -0.2) is 4.98 Å². The van der Waals surface area contributed by atoms with Crippen LogP contribution >= 0.6 is 0 Å². The predicted molar refractivity (Wildman–Crippen MR) is 122 cm³/mol. The van der Waals surface area contributed by atoms with Crippen molar-refractivity contribution in [3.05, 3.63) is 71.8 Å². The van der Waals surface area contributed by atoms with E-state index in [9.17, 15) is 9.59 Å². The average Bonchev–Trinajstić information content (AvgIpc) is 3.14. The molecule has 5 nitrogen and oxygen atoms in total. The lowest BCUT2D eigenvalue weighted by Gasteiger charge is -2.31. The zero-order valence-electron chi connectivity index (χ0n) is 17.6. The molecule has 0 spiro atoms. The van der Waals surface area contributed by atoms with Gasteiger partial charge in [0, 0.05) is 17.5 Å². The van der Waals surface area contributed by atoms with Crippen LogP contribution in [-0.4, -0.2) is 27.7 Å². The van der Waals surface area contributed by atoms with Crippen molar-refractivity contribution in [2.24, 2.45) is 5.92 Å². The third-order valence-electron chi connectivity index (χ3n) is 6.66. The van der Waals surface area contributed by atoms with Crippen molar-refractivity contribution in [2.75, 3.05) is 5.32 Å². The summed E-state index contributed by atoms with van der Waals surface area (Å²) >= 11 is 0. The Hall–Kier alpha value is -3.21. The minimum atomic E-state index is -0.490. The summed E-state index contributed by atoms with van der Waals surface area (Å²) in [6.07, 6.45) is 6.65. The molecule has 0 saturated heterocycles. The van der Waals surface area contributed by atoms with Gasteiger partial charge in [0.25, 0.3) is 5.91 Å². The fraction of sp³-hybridized carbons (Fsp3) is 0.346. The molecule has 31 heavy (non-hydrogen) atoms. The van der Waals surface area contributed by atoms with Gasteiger partial charge in [0.15, 0.2) is 0 Å². The summed E-state index contributed by atoms with van der Waals surface area (Å²) in [6.45, 7) is 0.491. The SMILES string of the molecule is O=C(Nc1ccc2ccccc2n1)[C@@H](CC1CCCCC1)N1Cc2ccccc2C1=O. The monoisotopic (exact) mass is 413 g/mol. The van der Waals surface area contributed by atoms with E-state index in [1.807, 2.05) is 60.7 Å². The Bertz CT molecular complexity index is 1120. The maximum absolute atomic E-state index is 13.5. The second-order valence-corrected chi connectivity index (χ2v) is 8.72. The Kier molecular flexibility index (Phi) is 5.41. The van der Waals surface area contributed by atoms with Gasteiger partial charge in [0.2, 0.25) is 5.91 Å². The molecule has 2 amide bonds. The van der Waals surface area contributed by atoms with Crippen molar-refractivity contribution in [3.63, 3.8) is 0 Å². The number of hydrogen-bond donors (Lipinski definition) is 1. The lowest BCUT2D eigenvalue weighted by atomic mass is 9.84. The summed E-state index contributed by atoms with van der Waals surface area (Å²) in [6, 6.07) is 18.8. The molecule has 1 aromatic heterocycles. The first-order chi connectivity index (χ1) is 15.2. The molecule has 5 heteroatoms. The highest BCUT2D eigenvalue weighted by molar-refractivity contribution is 6.03. The van der Waals surface area contributed by atoms with Gasteiger partial charge in [-0.1, -0.05) is 68.5 Å². The molecule has 0 unspecified atom stereocenters. The third-order valence-corrected chi connectivity index (χ3v) is 6.66. The number of fused-ring (bicyclic) bond motifs is 2. The number of nitrogens with zero attached hydrogens (tertiary/aromatic N) is 2. The van der Waals surface area contributed by atoms with Crippen molar-refractivity contribution >= 4 is 28.5 Å². The molecule has 2 aliphatic rings. The number of para-hydroxylation sites is 1. The normalized spacial score (nSPS) is 17.5. The van der Waals surface area contributed by atoms with Crippen LogP contribution in [0.2, 0.25) is 0 Å². The van der Waals surface area contributed by atoms with E-state index >= 15 is 0 Å². The Morgan fingerprint density at radius 3 is 2.61 bits per heavy atom. The molecule has 1 aliphatic carbocycles. The van der Waals surface area contributed by atoms with Gasteiger partial charge < -0.3 is 10.2 Å². The van der Waals surface area contributed by atoms with Gasteiger partial charge in [0.05, 0.1) is 5.52 Å². The zero-order chi connectivity index (χ0) is 21.2. The third kappa shape index (κ3) is 4.05. The van der Waals surface area contributed by atoms with Crippen LogP contribution in [0.5, 0.6) is 0 Å². The number of hydrogen-bond acceptors (Lipinski definition) is 3. The van der Waals surface area contributed by atoms with E-state index in [1.54, 1.807) is 4.90 Å². The molecule has 158 valence electrons. The van der Waals surface area contributed by atoms with Gasteiger partial charge in [-0.2, -0.15) is 0 Å². The Balaban J connectivity index is 1.40. The van der Waals surface area contributed by atoms with E-state index in [1.165, 1.54) is 19.3 Å². The molecule has 1 aliphatic heterocycles. The fourth-order valence-corrected chi connectivity index (χ4v) is 4.99. The lowest BCUT2D eigenvalue weighted by molar-refractivity contribution is -0.121. The smallest absolute Gasteiger partial charge is 0.255 e. The lowest BCUT2D eigenvalue weighted by Crippen LogP contribution is -2.45. The maximum atomic E-state index is 13.5. The molecule has 1 fully saturated rings. The number of amides is 2. The second kappa shape index (κ2) is 8.50. The molecule has 1 N–H and O–H groups in total. The van der Waals surface area contributed by atoms with Crippen molar-refractivity contribution in [1.29, 1.82) is 0 Å². The number of carbonyl (C=O) groups is 2. The van der Waals surface area contributed by atoms with Gasteiger partial charge in [-0.15, -0.1) is 0 Å².